The fraction of sp³-hybridized carbons (Fsp3) is 0.778. The fourth-order valence-corrected chi connectivity index (χ4v) is 3.05. The number of nitrogens with two attached hydrogens (primary N) is 1. The van der Waals surface area contributed by atoms with Gasteiger partial charge in [0.05, 0.1) is 5.41 Å². The summed E-state index contributed by atoms with van der Waals surface area (Å²) in [6.45, 7) is 0. The molecule has 0 saturated heterocycles. The molecule has 0 aromatic carbocycles. The third kappa shape index (κ3) is 0.829. The van der Waals surface area contributed by atoms with Gasteiger partial charge in [0, 0.05) is 0 Å². The van der Waals surface area contributed by atoms with Crippen LogP contribution in [0.5, 0.6) is 0 Å². The van der Waals surface area contributed by atoms with E-state index in [2.05, 4.69) is 0 Å². The highest BCUT2D eigenvalue weighted by Crippen LogP contribution is 2.58. The molecule has 0 heterocycles. The van der Waals surface area contributed by atoms with Crippen LogP contribution in [0.3, 0.4) is 0 Å². The monoisotopic (exact) mass is 199 g/mol. The van der Waals surface area contributed by atoms with Gasteiger partial charge in [-0.2, -0.15) is 0 Å². The third-order valence-electron chi connectivity index (χ3n) is 3.87. The predicted molar refractivity (Wildman–Crippen MR) is 46.6 cm³/mol. The number of carboxylic acid groups (broad SMARTS) is 2. The second kappa shape index (κ2) is 2.48. The maximum atomic E-state index is 11.2. The molecule has 14 heavy (non-hydrogen) atoms. The molecule has 2 rings (SSSR count). The van der Waals surface area contributed by atoms with Gasteiger partial charge in [0.15, 0.2) is 0 Å². The molecule has 3 unspecified atom stereocenters. The zero-order chi connectivity index (χ0) is 10.6. The Morgan fingerprint density at radius 1 is 1.21 bits per heavy atom. The van der Waals surface area contributed by atoms with E-state index in [1.807, 2.05) is 0 Å². The molecule has 0 aromatic heterocycles. The summed E-state index contributed by atoms with van der Waals surface area (Å²) in [5, 5.41) is 18.2. The molecular weight excluding hydrogens is 186 g/mol. The van der Waals surface area contributed by atoms with Crippen molar-refractivity contribution in [2.45, 2.75) is 31.2 Å². The maximum absolute atomic E-state index is 11.2. The summed E-state index contributed by atoms with van der Waals surface area (Å²) in [5.41, 5.74) is 2.97. The van der Waals surface area contributed by atoms with Gasteiger partial charge in [0.1, 0.15) is 5.54 Å². The van der Waals surface area contributed by atoms with E-state index in [9.17, 15) is 9.59 Å². The Morgan fingerprint density at radius 2 is 1.86 bits per heavy atom. The van der Waals surface area contributed by atoms with Gasteiger partial charge in [-0.05, 0) is 31.6 Å². The number of fused-ring (bicyclic) bond motifs is 2. The second-order valence-electron chi connectivity index (χ2n) is 4.48. The lowest BCUT2D eigenvalue weighted by Crippen LogP contribution is -2.61. The molecule has 78 valence electrons. The SMILES string of the molecule is NC1(C(=O)O)CC2CCC1(C(=O)O)C2. The van der Waals surface area contributed by atoms with Crippen LogP contribution in [0.1, 0.15) is 25.7 Å². The quantitative estimate of drug-likeness (QED) is 0.583. The average molecular weight is 199 g/mol. The molecule has 5 heteroatoms. The smallest absolute Gasteiger partial charge is 0.324 e. The fourth-order valence-electron chi connectivity index (χ4n) is 3.05. The highest BCUT2D eigenvalue weighted by molar-refractivity contribution is 5.91. The van der Waals surface area contributed by atoms with Crippen LogP contribution in [0, 0.1) is 11.3 Å². The van der Waals surface area contributed by atoms with Gasteiger partial charge in [0.2, 0.25) is 0 Å². The van der Waals surface area contributed by atoms with Crippen molar-refractivity contribution in [2.24, 2.45) is 17.1 Å². The molecule has 5 nitrogen and oxygen atoms in total. The molecule has 2 fully saturated rings. The van der Waals surface area contributed by atoms with Crippen molar-refractivity contribution in [2.75, 3.05) is 0 Å². The highest BCUT2D eigenvalue weighted by atomic mass is 16.4. The van der Waals surface area contributed by atoms with E-state index in [1.54, 1.807) is 0 Å². The molecule has 0 amide bonds. The van der Waals surface area contributed by atoms with E-state index in [0.29, 0.717) is 19.3 Å². The van der Waals surface area contributed by atoms with Crippen molar-refractivity contribution in [3.8, 4) is 0 Å². The van der Waals surface area contributed by atoms with Crippen molar-refractivity contribution in [3.63, 3.8) is 0 Å². The Balaban J connectivity index is 2.46. The molecule has 0 spiro atoms. The molecule has 2 saturated carbocycles. The first kappa shape index (κ1) is 9.45. The Labute approximate surface area is 80.9 Å². The lowest BCUT2D eigenvalue weighted by atomic mass is 9.69. The first-order valence-electron chi connectivity index (χ1n) is 4.68. The summed E-state index contributed by atoms with van der Waals surface area (Å²) in [6, 6.07) is 0. The van der Waals surface area contributed by atoms with Gasteiger partial charge in [-0.15, -0.1) is 0 Å². The molecule has 2 aliphatic rings. The number of aliphatic carboxylic acids is 2. The lowest BCUT2D eigenvalue weighted by Gasteiger charge is -2.37. The van der Waals surface area contributed by atoms with E-state index in [1.165, 1.54) is 0 Å². The van der Waals surface area contributed by atoms with Gasteiger partial charge < -0.3 is 15.9 Å². The van der Waals surface area contributed by atoms with Gasteiger partial charge in [-0.25, -0.2) is 0 Å². The maximum Gasteiger partial charge on any atom is 0.324 e. The van der Waals surface area contributed by atoms with Crippen LogP contribution in [-0.4, -0.2) is 27.7 Å². The Morgan fingerprint density at radius 3 is 2.21 bits per heavy atom. The van der Waals surface area contributed by atoms with Crippen LogP contribution >= 0.6 is 0 Å². The number of carboxylic acids is 2. The molecule has 0 radical (unpaired) electrons. The van der Waals surface area contributed by atoms with E-state index < -0.39 is 22.9 Å². The number of carbonyl (C=O) groups is 2. The standard InChI is InChI=1S/C9H13NO4/c10-9(7(13)14)4-5-1-2-8(9,3-5)6(11)12/h5H,1-4,10H2,(H,11,12)(H,13,14). The van der Waals surface area contributed by atoms with Crippen molar-refractivity contribution in [1.82, 2.24) is 0 Å². The summed E-state index contributed by atoms with van der Waals surface area (Å²) in [6.07, 6.45) is 1.91. The second-order valence-corrected chi connectivity index (χ2v) is 4.48. The molecule has 0 aromatic rings. The molecular formula is C9H13NO4. The molecule has 2 bridgehead atoms. The molecule has 3 atom stereocenters. The van der Waals surface area contributed by atoms with Crippen LogP contribution in [0.4, 0.5) is 0 Å². The van der Waals surface area contributed by atoms with Crippen molar-refractivity contribution in [1.29, 1.82) is 0 Å². The average Bonchev–Trinajstić information content (AvgIpc) is 2.60. The van der Waals surface area contributed by atoms with E-state index >= 15 is 0 Å². The normalized spacial score (nSPS) is 45.4. The summed E-state index contributed by atoms with van der Waals surface area (Å²) in [5.74, 6) is -2.06. The van der Waals surface area contributed by atoms with Crippen LogP contribution in [0.25, 0.3) is 0 Å². The number of rotatable bonds is 2. The molecule has 2 aliphatic carbocycles. The largest absolute Gasteiger partial charge is 0.481 e. The zero-order valence-corrected chi connectivity index (χ0v) is 7.69. The van der Waals surface area contributed by atoms with Gasteiger partial charge >= 0.3 is 11.9 Å². The minimum absolute atomic E-state index is 0.173. The number of hydrogen-bond donors (Lipinski definition) is 3. The molecule has 4 N–H and O–H groups in total. The van der Waals surface area contributed by atoms with Crippen molar-refractivity contribution >= 4 is 11.9 Å². The minimum Gasteiger partial charge on any atom is -0.481 e. The zero-order valence-electron chi connectivity index (χ0n) is 7.69. The van der Waals surface area contributed by atoms with Crippen molar-refractivity contribution in [3.05, 3.63) is 0 Å². The third-order valence-corrected chi connectivity index (χ3v) is 3.87. The Bertz CT molecular complexity index is 314. The molecule has 0 aliphatic heterocycles. The summed E-state index contributed by atoms with van der Waals surface area (Å²) in [7, 11) is 0. The summed E-state index contributed by atoms with van der Waals surface area (Å²) in [4.78, 5) is 22.2. The first-order chi connectivity index (χ1) is 6.42. The predicted octanol–water partition coefficient (Wildman–Crippen LogP) is 0.0433. The summed E-state index contributed by atoms with van der Waals surface area (Å²) >= 11 is 0. The van der Waals surface area contributed by atoms with E-state index in [-0.39, 0.29) is 5.92 Å². The van der Waals surface area contributed by atoms with Crippen LogP contribution in [0.2, 0.25) is 0 Å². The number of hydrogen-bond acceptors (Lipinski definition) is 3. The first-order valence-corrected chi connectivity index (χ1v) is 4.68. The van der Waals surface area contributed by atoms with Gasteiger partial charge in [-0.3, -0.25) is 9.59 Å². The van der Waals surface area contributed by atoms with Gasteiger partial charge in [-0.1, -0.05) is 0 Å². The minimum atomic E-state index is -1.55. The summed E-state index contributed by atoms with van der Waals surface area (Å²) < 4.78 is 0. The highest BCUT2D eigenvalue weighted by Gasteiger charge is 2.68. The van der Waals surface area contributed by atoms with Crippen LogP contribution in [-0.2, 0) is 9.59 Å². The topological polar surface area (TPSA) is 101 Å². The van der Waals surface area contributed by atoms with Crippen molar-refractivity contribution < 1.29 is 19.8 Å². The Hall–Kier alpha value is -1.10. The van der Waals surface area contributed by atoms with E-state index in [0.717, 1.165) is 6.42 Å². The van der Waals surface area contributed by atoms with E-state index in [4.69, 9.17) is 15.9 Å². The van der Waals surface area contributed by atoms with Gasteiger partial charge in [0.25, 0.3) is 0 Å². The Kier molecular flexibility index (Phi) is 1.67. The lowest BCUT2D eigenvalue weighted by molar-refractivity contribution is -0.163. The van der Waals surface area contributed by atoms with Crippen LogP contribution < -0.4 is 5.73 Å². The van der Waals surface area contributed by atoms with Crippen LogP contribution in [0.15, 0.2) is 0 Å².